The summed E-state index contributed by atoms with van der Waals surface area (Å²) in [6.07, 6.45) is 2.78. The summed E-state index contributed by atoms with van der Waals surface area (Å²) in [7, 11) is 0. The number of anilines is 1. The molecule has 7 heteroatoms. The number of aromatic nitrogens is 1. The highest BCUT2D eigenvalue weighted by Gasteiger charge is 2.20. The Morgan fingerprint density at radius 3 is 2.78 bits per heavy atom. The van der Waals surface area contributed by atoms with Crippen LogP contribution >= 0.6 is 22.7 Å². The van der Waals surface area contributed by atoms with Gasteiger partial charge in [-0.25, -0.2) is 4.98 Å². The van der Waals surface area contributed by atoms with E-state index in [-0.39, 0.29) is 0 Å². The number of aliphatic imine (C=N–C) groups is 1. The fourth-order valence-corrected chi connectivity index (χ4v) is 4.04. The van der Waals surface area contributed by atoms with Crippen molar-refractivity contribution in [2.75, 3.05) is 44.2 Å². The Balaban J connectivity index is 1.54. The van der Waals surface area contributed by atoms with E-state index in [9.17, 15) is 0 Å². The minimum Gasteiger partial charge on any atom is -0.360 e. The molecule has 0 bridgehead atoms. The second kappa shape index (κ2) is 8.31. The third-order valence-electron chi connectivity index (χ3n) is 3.80. The van der Waals surface area contributed by atoms with Gasteiger partial charge in [0.15, 0.2) is 5.96 Å². The largest absolute Gasteiger partial charge is 0.360 e. The summed E-state index contributed by atoms with van der Waals surface area (Å²) in [5.41, 5.74) is 0. The summed E-state index contributed by atoms with van der Waals surface area (Å²) in [6.45, 7) is 7.96. The highest BCUT2D eigenvalue weighted by molar-refractivity contribution is 7.14. The Hall–Kier alpha value is -1.60. The quantitative estimate of drug-likeness (QED) is 0.665. The van der Waals surface area contributed by atoms with Crippen molar-refractivity contribution in [3.05, 3.63) is 34.1 Å². The van der Waals surface area contributed by atoms with Crippen molar-refractivity contribution in [3.8, 4) is 0 Å². The Bertz CT molecular complexity index is 586. The van der Waals surface area contributed by atoms with Crippen LogP contribution < -0.4 is 10.2 Å². The third-order valence-corrected chi connectivity index (χ3v) is 5.57. The van der Waals surface area contributed by atoms with Gasteiger partial charge in [0, 0.05) is 57.3 Å². The fourth-order valence-electron chi connectivity index (χ4n) is 2.65. The second-order valence-corrected chi connectivity index (χ2v) is 7.24. The normalized spacial score (nSPS) is 16.0. The molecular weight excluding hydrogens is 326 g/mol. The van der Waals surface area contributed by atoms with Crippen LogP contribution in [0.3, 0.4) is 0 Å². The molecule has 1 aliphatic rings. The number of hydrogen-bond donors (Lipinski definition) is 1. The summed E-state index contributed by atoms with van der Waals surface area (Å²) >= 11 is 3.52. The van der Waals surface area contributed by atoms with E-state index in [0.717, 1.165) is 56.7 Å². The molecule has 124 valence electrons. The summed E-state index contributed by atoms with van der Waals surface area (Å²) in [4.78, 5) is 13.9. The number of nitrogens with zero attached hydrogens (tertiary/aromatic N) is 4. The lowest BCUT2D eigenvalue weighted by Crippen LogP contribution is -2.52. The maximum Gasteiger partial charge on any atom is 0.194 e. The number of thiazole rings is 1. The molecule has 1 aliphatic heterocycles. The molecule has 2 aromatic heterocycles. The zero-order chi connectivity index (χ0) is 15.9. The first-order chi connectivity index (χ1) is 11.4. The molecule has 1 fully saturated rings. The Kier molecular flexibility index (Phi) is 5.87. The Morgan fingerprint density at radius 2 is 2.13 bits per heavy atom. The standard InChI is InChI=1S/C16H23N5S2/c1-2-17-16(19-6-5-14-18-7-13-22-14)21-10-8-20(9-11-21)15-4-3-12-23-15/h3-4,7,12-13H,2,5-6,8-11H2,1H3,(H,17,19). The number of guanidine groups is 1. The predicted molar refractivity (Wildman–Crippen MR) is 99.9 cm³/mol. The summed E-state index contributed by atoms with van der Waals surface area (Å²) < 4.78 is 0. The molecule has 0 atom stereocenters. The average Bonchev–Trinajstić information content (AvgIpc) is 3.28. The smallest absolute Gasteiger partial charge is 0.194 e. The van der Waals surface area contributed by atoms with Gasteiger partial charge in [-0.1, -0.05) is 0 Å². The van der Waals surface area contributed by atoms with E-state index in [1.54, 1.807) is 11.3 Å². The van der Waals surface area contributed by atoms with E-state index >= 15 is 0 Å². The lowest BCUT2D eigenvalue weighted by Gasteiger charge is -2.37. The van der Waals surface area contributed by atoms with Crippen LogP contribution in [0.5, 0.6) is 0 Å². The van der Waals surface area contributed by atoms with Gasteiger partial charge in [0.25, 0.3) is 0 Å². The molecule has 0 spiro atoms. The van der Waals surface area contributed by atoms with Crippen LogP contribution in [-0.2, 0) is 6.42 Å². The van der Waals surface area contributed by atoms with Gasteiger partial charge >= 0.3 is 0 Å². The Labute approximate surface area is 145 Å². The van der Waals surface area contributed by atoms with E-state index in [2.05, 4.69) is 44.5 Å². The molecule has 1 N–H and O–H groups in total. The summed E-state index contributed by atoms with van der Waals surface area (Å²) in [5, 5.41) is 10.1. The highest BCUT2D eigenvalue weighted by atomic mass is 32.1. The first-order valence-corrected chi connectivity index (χ1v) is 9.83. The van der Waals surface area contributed by atoms with Gasteiger partial charge < -0.3 is 15.1 Å². The van der Waals surface area contributed by atoms with Crippen LogP contribution in [0.15, 0.2) is 34.1 Å². The van der Waals surface area contributed by atoms with Crippen LogP contribution in [0.1, 0.15) is 11.9 Å². The topological polar surface area (TPSA) is 43.8 Å². The maximum absolute atomic E-state index is 4.78. The van der Waals surface area contributed by atoms with Gasteiger partial charge in [0.2, 0.25) is 0 Å². The maximum atomic E-state index is 4.78. The molecule has 0 aromatic carbocycles. The van der Waals surface area contributed by atoms with Crippen molar-refractivity contribution in [2.45, 2.75) is 13.3 Å². The Morgan fingerprint density at radius 1 is 1.26 bits per heavy atom. The SMILES string of the molecule is CCNC(=NCCc1nccs1)N1CCN(c2cccs2)CC1. The lowest BCUT2D eigenvalue weighted by atomic mass is 10.3. The third kappa shape index (κ3) is 4.45. The molecule has 0 radical (unpaired) electrons. The van der Waals surface area contributed by atoms with E-state index in [4.69, 9.17) is 4.99 Å². The minimum atomic E-state index is 0.793. The molecule has 1 saturated heterocycles. The van der Waals surface area contributed by atoms with Crippen LogP contribution in [-0.4, -0.2) is 55.1 Å². The van der Waals surface area contributed by atoms with Gasteiger partial charge in [0.1, 0.15) is 0 Å². The highest BCUT2D eigenvalue weighted by Crippen LogP contribution is 2.22. The van der Waals surface area contributed by atoms with E-state index in [1.807, 2.05) is 22.9 Å². The van der Waals surface area contributed by atoms with E-state index in [1.165, 1.54) is 5.00 Å². The van der Waals surface area contributed by atoms with Crippen LogP contribution in [0.4, 0.5) is 5.00 Å². The zero-order valence-electron chi connectivity index (χ0n) is 13.4. The number of rotatable bonds is 5. The first kappa shape index (κ1) is 16.3. The summed E-state index contributed by atoms with van der Waals surface area (Å²) in [5.74, 6) is 1.04. The van der Waals surface area contributed by atoms with Gasteiger partial charge in [-0.05, 0) is 24.4 Å². The summed E-state index contributed by atoms with van der Waals surface area (Å²) in [6, 6.07) is 4.32. The van der Waals surface area contributed by atoms with Crippen LogP contribution in [0.2, 0.25) is 0 Å². The van der Waals surface area contributed by atoms with Gasteiger partial charge in [-0.2, -0.15) is 0 Å². The average molecular weight is 350 g/mol. The lowest BCUT2D eigenvalue weighted by molar-refractivity contribution is 0.373. The molecule has 3 heterocycles. The van der Waals surface area contributed by atoms with Crippen molar-refractivity contribution in [1.29, 1.82) is 0 Å². The molecule has 0 aliphatic carbocycles. The predicted octanol–water partition coefficient (Wildman–Crippen LogP) is 2.53. The van der Waals surface area contributed by atoms with Crippen molar-refractivity contribution in [2.24, 2.45) is 4.99 Å². The molecule has 0 saturated carbocycles. The van der Waals surface area contributed by atoms with Crippen molar-refractivity contribution in [3.63, 3.8) is 0 Å². The van der Waals surface area contributed by atoms with Crippen LogP contribution in [0.25, 0.3) is 0 Å². The van der Waals surface area contributed by atoms with Gasteiger partial charge in [0.05, 0.1) is 10.0 Å². The number of piperazine rings is 1. The molecule has 0 unspecified atom stereocenters. The van der Waals surface area contributed by atoms with Crippen molar-refractivity contribution in [1.82, 2.24) is 15.2 Å². The monoisotopic (exact) mass is 349 g/mol. The van der Waals surface area contributed by atoms with Crippen molar-refractivity contribution >= 4 is 33.6 Å². The zero-order valence-corrected chi connectivity index (χ0v) is 15.1. The number of nitrogens with one attached hydrogen (secondary N) is 1. The first-order valence-electron chi connectivity index (χ1n) is 8.07. The molecule has 3 rings (SSSR count). The van der Waals surface area contributed by atoms with Gasteiger partial charge in [-0.15, -0.1) is 22.7 Å². The molecule has 23 heavy (non-hydrogen) atoms. The van der Waals surface area contributed by atoms with Gasteiger partial charge in [-0.3, -0.25) is 4.99 Å². The second-order valence-electron chi connectivity index (χ2n) is 5.34. The fraction of sp³-hybridized carbons (Fsp3) is 0.500. The van der Waals surface area contributed by atoms with E-state index in [0.29, 0.717) is 0 Å². The molecule has 0 amide bonds. The molecule has 5 nitrogen and oxygen atoms in total. The molecular formula is C16H23N5S2. The minimum absolute atomic E-state index is 0.793. The number of thiophene rings is 1. The van der Waals surface area contributed by atoms with Crippen molar-refractivity contribution < 1.29 is 0 Å². The molecule has 2 aromatic rings. The van der Waals surface area contributed by atoms with E-state index < -0.39 is 0 Å². The number of hydrogen-bond acceptors (Lipinski definition) is 5. The van der Waals surface area contributed by atoms with Crippen LogP contribution in [0, 0.1) is 0 Å².